The van der Waals surface area contributed by atoms with Crippen molar-refractivity contribution in [1.82, 2.24) is 14.8 Å². The van der Waals surface area contributed by atoms with Gasteiger partial charge in [0.15, 0.2) is 5.16 Å². The molecule has 1 heterocycles. The monoisotopic (exact) mass is 408 g/mol. The summed E-state index contributed by atoms with van der Waals surface area (Å²) in [7, 11) is 1.97. The number of benzene rings is 2. The van der Waals surface area contributed by atoms with E-state index in [0.717, 1.165) is 28.0 Å². The Morgan fingerprint density at radius 1 is 1.17 bits per heavy atom. The Balaban J connectivity index is 1.29. The fourth-order valence-electron chi connectivity index (χ4n) is 2.96. The van der Waals surface area contributed by atoms with Crippen molar-refractivity contribution in [3.8, 4) is 5.75 Å². The summed E-state index contributed by atoms with van der Waals surface area (Å²) in [6.07, 6.45) is 2.36. The number of aromatic nitrogens is 3. The van der Waals surface area contributed by atoms with Gasteiger partial charge in [0.05, 0.1) is 5.25 Å². The van der Waals surface area contributed by atoms with Crippen LogP contribution in [0, 0.1) is 0 Å². The third-order valence-corrected chi connectivity index (χ3v) is 5.97. The zero-order valence-electron chi connectivity index (χ0n) is 16.5. The van der Waals surface area contributed by atoms with Gasteiger partial charge in [-0.05, 0) is 49.6 Å². The van der Waals surface area contributed by atoms with Crippen LogP contribution in [0.1, 0.15) is 37.1 Å². The van der Waals surface area contributed by atoms with Gasteiger partial charge in [0.2, 0.25) is 5.91 Å². The average Bonchev–Trinajstić information content (AvgIpc) is 3.52. The normalized spacial score (nSPS) is 14.4. The number of anilines is 1. The van der Waals surface area contributed by atoms with Crippen molar-refractivity contribution >= 4 is 23.4 Å². The van der Waals surface area contributed by atoms with Gasteiger partial charge < -0.3 is 14.6 Å². The molecular weight excluding hydrogens is 384 g/mol. The smallest absolute Gasteiger partial charge is 0.237 e. The highest BCUT2D eigenvalue weighted by Gasteiger charge is 2.30. The summed E-state index contributed by atoms with van der Waals surface area (Å²) in [6.45, 7) is 2.39. The Morgan fingerprint density at radius 3 is 2.59 bits per heavy atom. The molecule has 0 aliphatic heterocycles. The molecule has 3 aromatic rings. The minimum absolute atomic E-state index is 0.0658. The minimum atomic E-state index is -0.279. The number of thioether (sulfide) groups is 1. The van der Waals surface area contributed by atoms with Gasteiger partial charge in [-0.25, -0.2) is 0 Å². The molecule has 0 saturated heterocycles. The fourth-order valence-corrected chi connectivity index (χ4v) is 3.78. The van der Waals surface area contributed by atoms with E-state index in [1.54, 1.807) is 0 Å². The quantitative estimate of drug-likeness (QED) is 0.560. The lowest BCUT2D eigenvalue weighted by Crippen LogP contribution is -2.22. The Morgan fingerprint density at radius 2 is 1.90 bits per heavy atom. The van der Waals surface area contributed by atoms with Gasteiger partial charge in [0.25, 0.3) is 0 Å². The zero-order chi connectivity index (χ0) is 20.2. The second-order valence-electron chi connectivity index (χ2n) is 7.22. The first-order valence-corrected chi connectivity index (χ1v) is 10.6. The van der Waals surface area contributed by atoms with Crippen LogP contribution in [-0.4, -0.2) is 25.9 Å². The van der Waals surface area contributed by atoms with Crippen molar-refractivity contribution in [1.29, 1.82) is 0 Å². The van der Waals surface area contributed by atoms with E-state index in [1.807, 2.05) is 73.1 Å². The van der Waals surface area contributed by atoms with E-state index in [2.05, 4.69) is 15.5 Å². The molecule has 1 amide bonds. The first-order chi connectivity index (χ1) is 14.1. The van der Waals surface area contributed by atoms with Crippen molar-refractivity contribution in [2.75, 3.05) is 5.32 Å². The molecule has 6 nitrogen and oxygen atoms in total. The molecule has 1 aliphatic carbocycles. The van der Waals surface area contributed by atoms with Gasteiger partial charge in [-0.2, -0.15) is 0 Å². The molecule has 1 fully saturated rings. The van der Waals surface area contributed by atoms with Crippen LogP contribution >= 0.6 is 11.8 Å². The summed E-state index contributed by atoms with van der Waals surface area (Å²) in [5.74, 6) is 2.25. The molecule has 1 N–H and O–H groups in total. The van der Waals surface area contributed by atoms with Gasteiger partial charge in [-0.1, -0.05) is 42.1 Å². The van der Waals surface area contributed by atoms with Crippen molar-refractivity contribution in [2.45, 2.75) is 42.7 Å². The van der Waals surface area contributed by atoms with Crippen molar-refractivity contribution in [3.63, 3.8) is 0 Å². The molecule has 0 bridgehead atoms. The van der Waals surface area contributed by atoms with Gasteiger partial charge in [0, 0.05) is 18.7 Å². The van der Waals surface area contributed by atoms with E-state index in [-0.39, 0.29) is 11.2 Å². The molecule has 1 aliphatic rings. The number of rotatable bonds is 8. The molecule has 4 rings (SSSR count). The van der Waals surface area contributed by atoms with Crippen LogP contribution in [0.4, 0.5) is 5.69 Å². The summed E-state index contributed by atoms with van der Waals surface area (Å²) < 4.78 is 7.79. The van der Waals surface area contributed by atoms with Gasteiger partial charge >= 0.3 is 0 Å². The maximum atomic E-state index is 12.6. The summed E-state index contributed by atoms with van der Waals surface area (Å²) in [5.41, 5.74) is 1.86. The third kappa shape index (κ3) is 4.98. The molecule has 7 heteroatoms. The molecule has 0 radical (unpaired) electrons. The minimum Gasteiger partial charge on any atom is -0.489 e. The predicted molar refractivity (Wildman–Crippen MR) is 114 cm³/mol. The molecular formula is C22H24N4O2S. The number of carbonyl (C=O) groups excluding carboxylic acids is 1. The first-order valence-electron chi connectivity index (χ1n) is 9.74. The SMILES string of the molecule is C[C@H](Sc1nnc(C2CC2)n1C)C(=O)Nc1ccc(OCc2ccccc2)cc1. The van der Waals surface area contributed by atoms with Crippen molar-refractivity contribution < 1.29 is 9.53 Å². The molecule has 0 unspecified atom stereocenters. The topological polar surface area (TPSA) is 69.0 Å². The van der Waals surface area contributed by atoms with Crippen LogP contribution in [0.25, 0.3) is 0 Å². The van der Waals surface area contributed by atoms with E-state index < -0.39 is 0 Å². The maximum absolute atomic E-state index is 12.6. The van der Waals surface area contributed by atoms with Crippen LogP contribution in [0.15, 0.2) is 59.8 Å². The molecule has 2 aromatic carbocycles. The Bertz CT molecular complexity index is 968. The Hall–Kier alpha value is -2.80. The zero-order valence-corrected chi connectivity index (χ0v) is 17.4. The highest BCUT2D eigenvalue weighted by atomic mass is 32.2. The standard InChI is InChI=1S/C22H24N4O2S/c1-15(29-22-25-24-20(26(22)2)17-8-9-17)21(27)23-18-10-12-19(13-11-18)28-14-16-6-4-3-5-7-16/h3-7,10-13,15,17H,8-9,14H2,1-2H3,(H,23,27)/t15-/m0/s1. The van der Waals surface area contributed by atoms with Crippen LogP contribution in [0.3, 0.4) is 0 Å². The van der Waals surface area contributed by atoms with Crippen LogP contribution in [0.2, 0.25) is 0 Å². The molecule has 1 aromatic heterocycles. The molecule has 29 heavy (non-hydrogen) atoms. The van der Waals surface area contributed by atoms with E-state index >= 15 is 0 Å². The second-order valence-corrected chi connectivity index (χ2v) is 8.53. The Kier molecular flexibility index (Phi) is 5.85. The summed E-state index contributed by atoms with van der Waals surface area (Å²) in [4.78, 5) is 12.6. The first kappa shape index (κ1) is 19.5. The van der Waals surface area contributed by atoms with Gasteiger partial charge in [-0.3, -0.25) is 4.79 Å². The summed E-state index contributed by atoms with van der Waals surface area (Å²) in [6, 6.07) is 17.4. The Labute approximate surface area is 174 Å². The van der Waals surface area contributed by atoms with Gasteiger partial charge in [0.1, 0.15) is 18.2 Å². The van der Waals surface area contributed by atoms with Crippen LogP contribution < -0.4 is 10.1 Å². The lowest BCUT2D eigenvalue weighted by molar-refractivity contribution is -0.115. The highest BCUT2D eigenvalue weighted by Crippen LogP contribution is 2.39. The maximum Gasteiger partial charge on any atom is 0.237 e. The third-order valence-electron chi connectivity index (χ3n) is 4.83. The van der Waals surface area contributed by atoms with Crippen LogP contribution in [-0.2, 0) is 18.4 Å². The number of ether oxygens (including phenoxy) is 1. The molecule has 0 spiro atoms. The number of hydrogen-bond donors (Lipinski definition) is 1. The molecule has 1 atom stereocenters. The van der Waals surface area contributed by atoms with E-state index in [9.17, 15) is 4.79 Å². The lowest BCUT2D eigenvalue weighted by atomic mass is 10.2. The van der Waals surface area contributed by atoms with Crippen molar-refractivity contribution in [3.05, 3.63) is 66.0 Å². The van der Waals surface area contributed by atoms with Crippen molar-refractivity contribution in [2.24, 2.45) is 7.05 Å². The van der Waals surface area contributed by atoms with E-state index in [0.29, 0.717) is 12.5 Å². The van der Waals surface area contributed by atoms with Crippen LogP contribution in [0.5, 0.6) is 5.75 Å². The molecule has 150 valence electrons. The average molecular weight is 409 g/mol. The predicted octanol–water partition coefficient (Wildman–Crippen LogP) is 4.39. The number of carbonyl (C=O) groups is 1. The highest BCUT2D eigenvalue weighted by molar-refractivity contribution is 8.00. The number of amides is 1. The number of nitrogens with zero attached hydrogens (tertiary/aromatic N) is 3. The largest absolute Gasteiger partial charge is 0.489 e. The van der Waals surface area contributed by atoms with E-state index in [4.69, 9.17) is 4.74 Å². The summed E-state index contributed by atoms with van der Waals surface area (Å²) >= 11 is 1.43. The number of hydrogen-bond acceptors (Lipinski definition) is 5. The summed E-state index contributed by atoms with van der Waals surface area (Å²) in [5, 5.41) is 12.0. The van der Waals surface area contributed by atoms with E-state index in [1.165, 1.54) is 24.6 Å². The second kappa shape index (κ2) is 8.69. The molecule has 1 saturated carbocycles. The fraction of sp³-hybridized carbons (Fsp3) is 0.318. The van der Waals surface area contributed by atoms with Gasteiger partial charge in [-0.15, -0.1) is 10.2 Å². The number of nitrogens with one attached hydrogen (secondary N) is 1. The lowest BCUT2D eigenvalue weighted by Gasteiger charge is -2.12.